The zero-order valence-corrected chi connectivity index (χ0v) is 14.1. The van der Waals surface area contributed by atoms with E-state index in [0.29, 0.717) is 6.54 Å². The number of thiazole rings is 1. The second-order valence-corrected chi connectivity index (χ2v) is 7.20. The molecule has 6 nitrogen and oxygen atoms in total. The summed E-state index contributed by atoms with van der Waals surface area (Å²) >= 11 is 1.53. The molecule has 2 rings (SSSR count). The van der Waals surface area contributed by atoms with E-state index in [9.17, 15) is 14.9 Å². The standard InChI is InChI=1S/C16H19N3O3S/c1-16(2,3)13-10-23-15(18-13)9-17-14(20)8-11-4-6-12(7-5-11)19(21)22/h4-7,10H,8-9H2,1-3H3,(H,17,20). The first-order valence-electron chi connectivity index (χ1n) is 7.20. The highest BCUT2D eigenvalue weighted by molar-refractivity contribution is 7.09. The predicted octanol–water partition coefficient (Wildman–Crippen LogP) is 3.21. The summed E-state index contributed by atoms with van der Waals surface area (Å²) in [6.45, 7) is 6.68. The minimum absolute atomic E-state index is 0.00247. The fourth-order valence-corrected chi connectivity index (χ4v) is 2.85. The van der Waals surface area contributed by atoms with E-state index in [0.717, 1.165) is 16.3 Å². The molecule has 0 radical (unpaired) electrons. The van der Waals surface area contributed by atoms with Crippen LogP contribution >= 0.6 is 11.3 Å². The smallest absolute Gasteiger partial charge is 0.269 e. The SMILES string of the molecule is CC(C)(C)c1csc(CNC(=O)Cc2ccc([N+](=O)[O-])cc2)n1. The predicted molar refractivity (Wildman–Crippen MR) is 89.5 cm³/mol. The summed E-state index contributed by atoms with van der Waals surface area (Å²) in [5.74, 6) is -0.133. The number of non-ortho nitro benzene ring substituents is 1. The van der Waals surface area contributed by atoms with E-state index >= 15 is 0 Å². The Hall–Kier alpha value is -2.28. The second kappa shape index (κ2) is 6.87. The lowest BCUT2D eigenvalue weighted by molar-refractivity contribution is -0.384. The van der Waals surface area contributed by atoms with Gasteiger partial charge in [0, 0.05) is 22.9 Å². The van der Waals surface area contributed by atoms with Gasteiger partial charge < -0.3 is 5.32 Å². The summed E-state index contributed by atoms with van der Waals surface area (Å²) < 4.78 is 0. The number of amides is 1. The van der Waals surface area contributed by atoms with Gasteiger partial charge in [0.2, 0.25) is 5.91 Å². The van der Waals surface area contributed by atoms with E-state index in [1.165, 1.54) is 23.5 Å². The molecular formula is C16H19N3O3S. The Morgan fingerprint density at radius 3 is 2.48 bits per heavy atom. The highest BCUT2D eigenvalue weighted by atomic mass is 32.1. The number of hydrogen-bond acceptors (Lipinski definition) is 5. The van der Waals surface area contributed by atoms with Gasteiger partial charge in [0.1, 0.15) is 5.01 Å². The second-order valence-electron chi connectivity index (χ2n) is 6.25. The summed E-state index contributed by atoms with van der Waals surface area (Å²) in [6, 6.07) is 6.00. The molecule has 0 fully saturated rings. The van der Waals surface area contributed by atoms with Crippen molar-refractivity contribution in [3.05, 3.63) is 56.0 Å². The number of carbonyl (C=O) groups is 1. The normalized spacial score (nSPS) is 11.3. The molecule has 2 aromatic rings. The molecule has 1 N–H and O–H groups in total. The Labute approximate surface area is 138 Å². The van der Waals surface area contributed by atoms with Gasteiger partial charge in [-0.2, -0.15) is 0 Å². The van der Waals surface area contributed by atoms with Gasteiger partial charge in [0.25, 0.3) is 5.69 Å². The van der Waals surface area contributed by atoms with E-state index in [4.69, 9.17) is 0 Å². The van der Waals surface area contributed by atoms with Crippen LogP contribution in [0.5, 0.6) is 0 Å². The maximum absolute atomic E-state index is 11.9. The number of rotatable bonds is 5. The molecule has 0 aliphatic heterocycles. The van der Waals surface area contributed by atoms with Crippen LogP contribution in [0.15, 0.2) is 29.6 Å². The van der Waals surface area contributed by atoms with Crippen molar-refractivity contribution >= 4 is 22.9 Å². The molecule has 0 saturated heterocycles. The van der Waals surface area contributed by atoms with Gasteiger partial charge in [0.05, 0.1) is 23.6 Å². The molecular weight excluding hydrogens is 314 g/mol. The lowest BCUT2D eigenvalue weighted by Gasteiger charge is -2.14. The van der Waals surface area contributed by atoms with E-state index in [1.54, 1.807) is 12.1 Å². The minimum Gasteiger partial charge on any atom is -0.349 e. The van der Waals surface area contributed by atoms with Crippen molar-refractivity contribution < 1.29 is 9.72 Å². The zero-order valence-electron chi connectivity index (χ0n) is 13.3. The molecule has 122 valence electrons. The summed E-state index contributed by atoms with van der Waals surface area (Å²) in [6.07, 6.45) is 0.190. The number of nitrogens with zero attached hydrogens (tertiary/aromatic N) is 2. The van der Waals surface area contributed by atoms with Gasteiger partial charge in [-0.25, -0.2) is 4.98 Å². The molecule has 0 bridgehead atoms. The van der Waals surface area contributed by atoms with Gasteiger partial charge in [-0.1, -0.05) is 32.9 Å². The summed E-state index contributed by atoms with van der Waals surface area (Å²) in [4.78, 5) is 26.6. The van der Waals surface area contributed by atoms with Gasteiger partial charge in [-0.05, 0) is 5.56 Å². The molecule has 7 heteroatoms. The van der Waals surface area contributed by atoms with Crippen molar-refractivity contribution in [1.29, 1.82) is 0 Å². The largest absolute Gasteiger partial charge is 0.349 e. The topological polar surface area (TPSA) is 85.1 Å². The first-order chi connectivity index (χ1) is 10.8. The number of nitrogens with one attached hydrogen (secondary N) is 1. The number of hydrogen-bond donors (Lipinski definition) is 1. The molecule has 0 aliphatic rings. The Morgan fingerprint density at radius 2 is 1.96 bits per heavy atom. The summed E-state index contributed by atoms with van der Waals surface area (Å²) in [5.41, 5.74) is 1.77. The Kier molecular flexibility index (Phi) is 5.10. The third-order valence-corrected chi connectivity index (χ3v) is 4.12. The van der Waals surface area contributed by atoms with E-state index < -0.39 is 4.92 Å². The van der Waals surface area contributed by atoms with Gasteiger partial charge >= 0.3 is 0 Å². The van der Waals surface area contributed by atoms with Crippen LogP contribution in [-0.4, -0.2) is 15.8 Å². The Balaban J connectivity index is 1.87. The van der Waals surface area contributed by atoms with Crippen molar-refractivity contribution in [2.45, 2.75) is 39.2 Å². The Morgan fingerprint density at radius 1 is 1.30 bits per heavy atom. The fraction of sp³-hybridized carbons (Fsp3) is 0.375. The van der Waals surface area contributed by atoms with Crippen LogP contribution in [-0.2, 0) is 23.2 Å². The van der Waals surface area contributed by atoms with Gasteiger partial charge in [-0.3, -0.25) is 14.9 Å². The van der Waals surface area contributed by atoms with Crippen LogP contribution in [0.2, 0.25) is 0 Å². The van der Waals surface area contributed by atoms with Crippen LogP contribution in [0.3, 0.4) is 0 Å². The zero-order chi connectivity index (χ0) is 17.0. The van der Waals surface area contributed by atoms with Crippen molar-refractivity contribution in [3.8, 4) is 0 Å². The highest BCUT2D eigenvalue weighted by Gasteiger charge is 2.17. The maximum Gasteiger partial charge on any atom is 0.269 e. The molecule has 0 aliphatic carbocycles. The van der Waals surface area contributed by atoms with Crippen molar-refractivity contribution in [1.82, 2.24) is 10.3 Å². The summed E-state index contributed by atoms with van der Waals surface area (Å²) in [5, 5.41) is 16.3. The Bertz CT molecular complexity index is 702. The van der Waals surface area contributed by atoms with Crippen LogP contribution in [0.4, 0.5) is 5.69 Å². The quantitative estimate of drug-likeness (QED) is 0.672. The number of aromatic nitrogens is 1. The molecule has 23 heavy (non-hydrogen) atoms. The molecule has 1 aromatic heterocycles. The third kappa shape index (κ3) is 4.85. The van der Waals surface area contributed by atoms with Crippen molar-refractivity contribution in [2.75, 3.05) is 0 Å². The molecule has 1 heterocycles. The van der Waals surface area contributed by atoms with Gasteiger partial charge in [-0.15, -0.1) is 11.3 Å². The molecule has 0 spiro atoms. The first kappa shape index (κ1) is 17.1. The molecule has 0 saturated carbocycles. The molecule has 0 unspecified atom stereocenters. The monoisotopic (exact) mass is 333 g/mol. The maximum atomic E-state index is 11.9. The van der Waals surface area contributed by atoms with Crippen LogP contribution in [0, 0.1) is 10.1 Å². The van der Waals surface area contributed by atoms with E-state index in [1.807, 2.05) is 5.38 Å². The number of nitro benzene ring substituents is 1. The van der Waals surface area contributed by atoms with Crippen molar-refractivity contribution in [2.24, 2.45) is 0 Å². The molecule has 1 amide bonds. The lowest BCUT2D eigenvalue weighted by atomic mass is 9.93. The van der Waals surface area contributed by atoms with Crippen molar-refractivity contribution in [3.63, 3.8) is 0 Å². The fourth-order valence-electron chi connectivity index (χ4n) is 1.89. The minimum atomic E-state index is -0.459. The molecule has 1 aromatic carbocycles. The molecule has 0 atom stereocenters. The first-order valence-corrected chi connectivity index (χ1v) is 8.08. The van der Waals surface area contributed by atoms with E-state index in [-0.39, 0.29) is 23.4 Å². The van der Waals surface area contributed by atoms with Gasteiger partial charge in [0.15, 0.2) is 0 Å². The van der Waals surface area contributed by atoms with E-state index in [2.05, 4.69) is 31.1 Å². The van der Waals surface area contributed by atoms with Crippen LogP contribution in [0.1, 0.15) is 37.0 Å². The average Bonchev–Trinajstić information content (AvgIpc) is 2.95. The third-order valence-electron chi connectivity index (χ3n) is 3.27. The highest BCUT2D eigenvalue weighted by Crippen LogP contribution is 2.23. The number of carbonyl (C=O) groups excluding carboxylic acids is 1. The summed E-state index contributed by atoms with van der Waals surface area (Å²) in [7, 11) is 0. The number of nitro groups is 1. The lowest BCUT2D eigenvalue weighted by Crippen LogP contribution is -2.24. The van der Waals surface area contributed by atoms with Crippen LogP contribution < -0.4 is 5.32 Å². The average molecular weight is 333 g/mol. The van der Waals surface area contributed by atoms with Crippen LogP contribution in [0.25, 0.3) is 0 Å². The number of benzene rings is 1.